The van der Waals surface area contributed by atoms with Crippen LogP contribution in [0.25, 0.3) is 22.4 Å². The molecule has 0 spiro atoms. The number of aromatic nitrogens is 6. The normalized spacial score (nSPS) is 16.3. The van der Waals surface area contributed by atoms with Gasteiger partial charge in [0.05, 0.1) is 23.1 Å². The molecule has 9 heteroatoms. The molecule has 0 bridgehead atoms. The van der Waals surface area contributed by atoms with Crippen LogP contribution < -0.4 is 10.5 Å². The van der Waals surface area contributed by atoms with Crippen LogP contribution >= 0.6 is 11.6 Å². The van der Waals surface area contributed by atoms with Gasteiger partial charge in [0.15, 0.2) is 11.5 Å². The quantitative estimate of drug-likeness (QED) is 0.486. The highest BCUT2D eigenvalue weighted by atomic mass is 35.5. The molecule has 1 aromatic carbocycles. The van der Waals surface area contributed by atoms with Gasteiger partial charge in [0.25, 0.3) is 5.56 Å². The lowest BCUT2D eigenvalue weighted by Gasteiger charge is -2.42. The molecule has 0 saturated carbocycles. The zero-order valence-corrected chi connectivity index (χ0v) is 16.5. The van der Waals surface area contributed by atoms with E-state index in [-0.39, 0.29) is 11.6 Å². The van der Waals surface area contributed by atoms with E-state index < -0.39 is 0 Å². The maximum Gasteiger partial charge on any atom is 0.281 e. The summed E-state index contributed by atoms with van der Waals surface area (Å²) in [5.41, 5.74) is 3.42. The van der Waals surface area contributed by atoms with Crippen molar-refractivity contribution in [2.45, 2.75) is 12.5 Å². The van der Waals surface area contributed by atoms with Gasteiger partial charge in [0.1, 0.15) is 17.4 Å². The highest BCUT2D eigenvalue weighted by Gasteiger charge is 2.35. The van der Waals surface area contributed by atoms with Crippen molar-refractivity contribution in [3.8, 4) is 5.69 Å². The Morgan fingerprint density at radius 2 is 1.97 bits per heavy atom. The third-order valence-electron chi connectivity index (χ3n) is 5.65. The number of hydrogen-bond donors (Lipinski definition) is 1. The minimum absolute atomic E-state index is 0.0233. The summed E-state index contributed by atoms with van der Waals surface area (Å²) in [5.74, 6) is 0.784. The average Bonchev–Trinajstić information content (AvgIpc) is 3.35. The number of benzene rings is 1. The predicted molar refractivity (Wildman–Crippen MR) is 114 cm³/mol. The number of H-pyrrole nitrogens is 1. The van der Waals surface area contributed by atoms with E-state index in [0.717, 1.165) is 35.7 Å². The average molecular weight is 418 g/mol. The molecule has 0 aliphatic carbocycles. The minimum atomic E-state index is -0.144. The summed E-state index contributed by atoms with van der Waals surface area (Å²) < 4.78 is 3.56. The van der Waals surface area contributed by atoms with Gasteiger partial charge in [-0.3, -0.25) is 9.36 Å². The zero-order valence-electron chi connectivity index (χ0n) is 15.7. The first-order valence-electron chi connectivity index (χ1n) is 9.60. The van der Waals surface area contributed by atoms with E-state index in [1.165, 1.54) is 6.33 Å². The monoisotopic (exact) mass is 417 g/mol. The predicted octanol–water partition coefficient (Wildman–Crippen LogP) is 3.36. The maximum atomic E-state index is 13.5. The van der Waals surface area contributed by atoms with Crippen LogP contribution in [-0.2, 0) is 0 Å². The van der Waals surface area contributed by atoms with Crippen molar-refractivity contribution in [3.63, 3.8) is 0 Å². The molecular formula is C21H16ClN7O. The fourth-order valence-corrected chi connectivity index (χ4v) is 4.40. The van der Waals surface area contributed by atoms with Crippen LogP contribution in [0.2, 0.25) is 5.02 Å². The molecule has 1 saturated heterocycles. The summed E-state index contributed by atoms with van der Waals surface area (Å²) in [6.07, 6.45) is 7.83. The summed E-state index contributed by atoms with van der Waals surface area (Å²) in [7, 11) is 0. The number of nitrogens with zero attached hydrogens (tertiary/aromatic N) is 6. The first-order chi connectivity index (χ1) is 14.7. The molecule has 1 fully saturated rings. The van der Waals surface area contributed by atoms with E-state index in [9.17, 15) is 4.79 Å². The lowest BCUT2D eigenvalue weighted by Crippen LogP contribution is -2.44. The highest BCUT2D eigenvalue weighted by Crippen LogP contribution is 2.39. The van der Waals surface area contributed by atoms with Gasteiger partial charge in [-0.15, -0.1) is 0 Å². The van der Waals surface area contributed by atoms with Gasteiger partial charge < -0.3 is 14.3 Å². The fraction of sp³-hybridized carbons (Fsp3) is 0.143. The lowest BCUT2D eigenvalue weighted by atomic mass is 9.99. The second kappa shape index (κ2) is 6.43. The number of para-hydroxylation sites is 1. The third kappa shape index (κ3) is 2.40. The van der Waals surface area contributed by atoms with Gasteiger partial charge in [-0.25, -0.2) is 15.0 Å². The maximum absolute atomic E-state index is 13.5. The van der Waals surface area contributed by atoms with Crippen molar-refractivity contribution in [2.75, 3.05) is 11.4 Å². The Kier molecular flexibility index (Phi) is 3.69. The number of aromatic amines is 1. The van der Waals surface area contributed by atoms with Crippen LogP contribution in [0, 0.1) is 0 Å². The van der Waals surface area contributed by atoms with Gasteiger partial charge >= 0.3 is 0 Å². The molecule has 1 N–H and O–H groups in total. The minimum Gasteiger partial charge on any atom is -0.346 e. The lowest BCUT2D eigenvalue weighted by molar-refractivity contribution is 0.442. The molecule has 0 unspecified atom stereocenters. The first kappa shape index (κ1) is 17.2. The van der Waals surface area contributed by atoms with E-state index in [1.54, 1.807) is 17.0 Å². The van der Waals surface area contributed by atoms with E-state index in [1.807, 2.05) is 47.1 Å². The number of rotatable bonds is 3. The second-order valence-corrected chi connectivity index (χ2v) is 7.65. The van der Waals surface area contributed by atoms with Crippen molar-refractivity contribution in [1.82, 2.24) is 28.9 Å². The number of halogens is 1. The molecular weight excluding hydrogens is 402 g/mol. The molecule has 0 amide bonds. The fourth-order valence-electron chi connectivity index (χ4n) is 4.16. The Morgan fingerprint density at radius 1 is 1.10 bits per heavy atom. The van der Waals surface area contributed by atoms with Gasteiger partial charge in [-0.2, -0.15) is 0 Å². The summed E-state index contributed by atoms with van der Waals surface area (Å²) in [5, 5.41) is 0.441. The van der Waals surface area contributed by atoms with Crippen LogP contribution in [0.5, 0.6) is 0 Å². The molecule has 5 aromatic rings. The largest absolute Gasteiger partial charge is 0.346 e. The molecule has 1 aliphatic heterocycles. The van der Waals surface area contributed by atoms with Crippen LogP contribution in [0.4, 0.5) is 5.82 Å². The Balaban J connectivity index is 1.57. The molecule has 148 valence electrons. The second-order valence-electron chi connectivity index (χ2n) is 7.25. The summed E-state index contributed by atoms with van der Waals surface area (Å²) in [6.45, 7) is 0.823. The molecule has 0 radical (unpaired) electrons. The van der Waals surface area contributed by atoms with E-state index in [4.69, 9.17) is 11.6 Å². The van der Waals surface area contributed by atoms with Crippen LogP contribution in [0.15, 0.2) is 66.2 Å². The standard InChI is InChI=1S/C21H16ClN7O/c22-14-6-8-27-10-16(29(21(30)18(14)27)13-4-2-1-3-5-13)15-7-9-28(15)20-17-19(24-11-23-17)25-12-26-20/h1-6,8,10-12,15H,7,9H2,(H,23,24,25,26)/t15-/m0/s1. The first-order valence-corrected chi connectivity index (χ1v) is 9.98. The smallest absolute Gasteiger partial charge is 0.281 e. The zero-order chi connectivity index (χ0) is 20.2. The van der Waals surface area contributed by atoms with Crippen LogP contribution in [-0.4, -0.2) is 35.4 Å². The molecule has 8 nitrogen and oxygen atoms in total. The van der Waals surface area contributed by atoms with E-state index >= 15 is 0 Å². The van der Waals surface area contributed by atoms with Gasteiger partial charge in [-0.05, 0) is 24.6 Å². The van der Waals surface area contributed by atoms with Gasteiger partial charge in [0, 0.05) is 24.6 Å². The van der Waals surface area contributed by atoms with E-state index in [2.05, 4.69) is 24.8 Å². The molecule has 4 aromatic heterocycles. The Morgan fingerprint density at radius 3 is 2.77 bits per heavy atom. The van der Waals surface area contributed by atoms with Gasteiger partial charge in [0.2, 0.25) is 0 Å². The van der Waals surface area contributed by atoms with Crippen molar-refractivity contribution in [3.05, 3.63) is 82.5 Å². The van der Waals surface area contributed by atoms with Crippen LogP contribution in [0.1, 0.15) is 18.2 Å². The topological polar surface area (TPSA) is 84.1 Å². The number of nitrogens with one attached hydrogen (secondary N) is 1. The molecule has 1 aliphatic rings. The van der Waals surface area contributed by atoms with Crippen molar-refractivity contribution >= 4 is 34.1 Å². The molecule has 1 atom stereocenters. The van der Waals surface area contributed by atoms with Crippen molar-refractivity contribution in [1.29, 1.82) is 0 Å². The molecule has 6 rings (SSSR count). The molecule has 30 heavy (non-hydrogen) atoms. The van der Waals surface area contributed by atoms with Crippen molar-refractivity contribution in [2.24, 2.45) is 0 Å². The number of hydrogen-bond acceptors (Lipinski definition) is 5. The Bertz CT molecular complexity index is 1450. The Hall–Kier alpha value is -3.65. The molecule has 5 heterocycles. The highest BCUT2D eigenvalue weighted by molar-refractivity contribution is 6.33. The Labute approximate surface area is 175 Å². The van der Waals surface area contributed by atoms with Crippen molar-refractivity contribution < 1.29 is 0 Å². The van der Waals surface area contributed by atoms with Gasteiger partial charge in [-0.1, -0.05) is 29.8 Å². The summed E-state index contributed by atoms with van der Waals surface area (Å²) in [6, 6.07) is 11.4. The number of fused-ring (bicyclic) bond motifs is 2. The summed E-state index contributed by atoms with van der Waals surface area (Å²) in [4.78, 5) is 31.7. The van der Waals surface area contributed by atoms with E-state index in [0.29, 0.717) is 16.2 Å². The SMILES string of the molecule is O=c1c2c(Cl)ccn2cc([C@@H]2CCN2c2ncnc3nc[nH]c23)n1-c1ccccc1. The summed E-state index contributed by atoms with van der Waals surface area (Å²) >= 11 is 6.32. The third-order valence-corrected chi connectivity index (χ3v) is 5.96. The van der Waals surface area contributed by atoms with Crippen LogP contribution in [0.3, 0.4) is 0 Å². The number of imidazole rings is 1. The number of anilines is 1.